The number of hydrogen-bond donors (Lipinski definition) is 3. The summed E-state index contributed by atoms with van der Waals surface area (Å²) in [5.74, 6) is 0.869. The van der Waals surface area contributed by atoms with Crippen LogP contribution in [0.1, 0.15) is 11.1 Å². The quantitative estimate of drug-likeness (QED) is 0.384. The first-order chi connectivity index (χ1) is 15.0. The monoisotopic (exact) mass is 459 g/mol. The molecule has 0 aliphatic carbocycles. The first kappa shape index (κ1) is 22.8. The number of amides is 2. The van der Waals surface area contributed by atoms with Crippen LogP contribution in [-0.4, -0.2) is 39.1 Å². The van der Waals surface area contributed by atoms with Crippen LogP contribution in [0.15, 0.2) is 48.8 Å². The molecular formula is C18H15F6N7O. The first-order valence-corrected chi connectivity index (χ1v) is 8.94. The number of halogens is 6. The minimum absolute atomic E-state index is 0.000486. The van der Waals surface area contributed by atoms with Crippen molar-refractivity contribution in [2.75, 3.05) is 23.7 Å². The molecule has 0 radical (unpaired) electrons. The maximum absolute atomic E-state index is 12.9. The second-order valence-electron chi connectivity index (χ2n) is 6.33. The minimum atomic E-state index is -5.01. The summed E-state index contributed by atoms with van der Waals surface area (Å²) >= 11 is 0. The first-order valence-electron chi connectivity index (χ1n) is 8.94. The fourth-order valence-corrected chi connectivity index (χ4v) is 2.52. The van der Waals surface area contributed by atoms with Crippen LogP contribution in [0, 0.1) is 0 Å². The van der Waals surface area contributed by atoms with Gasteiger partial charge in [-0.05, 0) is 36.4 Å². The van der Waals surface area contributed by atoms with Gasteiger partial charge in [-0.1, -0.05) is 0 Å². The van der Waals surface area contributed by atoms with Crippen LogP contribution in [0.4, 0.5) is 42.6 Å². The molecule has 2 amide bonds. The highest BCUT2D eigenvalue weighted by molar-refractivity contribution is 5.89. The highest BCUT2D eigenvalue weighted by atomic mass is 19.4. The van der Waals surface area contributed by atoms with Crippen LogP contribution in [0.2, 0.25) is 0 Å². The average molecular weight is 459 g/mol. The number of nitrogens with zero attached hydrogens (tertiary/aromatic N) is 4. The number of anilines is 2. The van der Waals surface area contributed by atoms with Gasteiger partial charge in [0.05, 0.1) is 11.1 Å². The normalized spacial score (nSPS) is 11.8. The summed E-state index contributed by atoms with van der Waals surface area (Å²) in [5.41, 5.74) is -3.69. The zero-order valence-electron chi connectivity index (χ0n) is 16.0. The molecule has 8 nitrogen and oxygen atoms in total. The van der Waals surface area contributed by atoms with E-state index in [1.54, 1.807) is 30.6 Å². The number of carbonyl (C=O) groups excluding carboxylic acids is 1. The molecule has 3 rings (SSSR count). The van der Waals surface area contributed by atoms with E-state index in [0.29, 0.717) is 23.8 Å². The van der Waals surface area contributed by atoms with Crippen molar-refractivity contribution in [3.8, 4) is 5.82 Å². The van der Waals surface area contributed by atoms with Crippen LogP contribution in [0.25, 0.3) is 5.82 Å². The third-order valence-electron chi connectivity index (χ3n) is 3.95. The largest absolute Gasteiger partial charge is 0.416 e. The molecule has 3 aromatic rings. The molecule has 0 aliphatic rings. The molecule has 170 valence electrons. The molecular weight excluding hydrogens is 444 g/mol. The Kier molecular flexibility index (Phi) is 6.50. The molecule has 2 heterocycles. The maximum atomic E-state index is 12.9. The lowest BCUT2D eigenvalue weighted by atomic mass is 10.1. The molecule has 0 saturated carbocycles. The van der Waals surface area contributed by atoms with Gasteiger partial charge in [0.15, 0.2) is 5.82 Å². The highest BCUT2D eigenvalue weighted by Crippen LogP contribution is 2.37. The molecule has 0 atom stereocenters. The van der Waals surface area contributed by atoms with Crippen LogP contribution in [0.3, 0.4) is 0 Å². The van der Waals surface area contributed by atoms with Gasteiger partial charge < -0.3 is 16.0 Å². The zero-order chi connectivity index (χ0) is 23.4. The Bertz CT molecular complexity index is 1020. The summed E-state index contributed by atoms with van der Waals surface area (Å²) in [6.07, 6.45) is -6.76. The molecule has 0 unspecified atom stereocenters. The zero-order valence-corrected chi connectivity index (χ0v) is 16.0. The second kappa shape index (κ2) is 9.11. The van der Waals surface area contributed by atoms with Gasteiger partial charge in [0.1, 0.15) is 5.82 Å². The van der Waals surface area contributed by atoms with Gasteiger partial charge in [-0.15, -0.1) is 10.2 Å². The van der Waals surface area contributed by atoms with Crippen LogP contribution >= 0.6 is 0 Å². The van der Waals surface area contributed by atoms with Crippen molar-refractivity contribution >= 4 is 17.5 Å². The Hall–Kier alpha value is -3.84. The van der Waals surface area contributed by atoms with Crippen LogP contribution in [0.5, 0.6) is 0 Å². The van der Waals surface area contributed by atoms with E-state index in [0.717, 1.165) is 0 Å². The number of rotatable bonds is 6. The Balaban J connectivity index is 1.52. The summed E-state index contributed by atoms with van der Waals surface area (Å²) < 4.78 is 78.7. The number of aromatic nitrogens is 4. The van der Waals surface area contributed by atoms with Crippen molar-refractivity contribution in [3.05, 3.63) is 59.9 Å². The molecule has 0 spiro atoms. The summed E-state index contributed by atoms with van der Waals surface area (Å²) in [5, 5.41) is 19.0. The molecule has 2 aromatic heterocycles. The Morgan fingerprint density at radius 1 is 0.938 bits per heavy atom. The van der Waals surface area contributed by atoms with Gasteiger partial charge in [-0.2, -0.15) is 31.4 Å². The molecule has 0 saturated heterocycles. The van der Waals surface area contributed by atoms with Crippen molar-refractivity contribution < 1.29 is 31.1 Å². The topological polar surface area (TPSA) is 96.8 Å². The van der Waals surface area contributed by atoms with Crippen LogP contribution < -0.4 is 16.0 Å². The smallest absolute Gasteiger partial charge is 0.367 e. The predicted octanol–water partition coefficient (Wildman–Crippen LogP) is 3.93. The van der Waals surface area contributed by atoms with Gasteiger partial charge >= 0.3 is 18.4 Å². The number of alkyl halides is 6. The van der Waals surface area contributed by atoms with E-state index in [-0.39, 0.29) is 19.2 Å². The van der Waals surface area contributed by atoms with Gasteiger partial charge in [-0.3, -0.25) is 0 Å². The van der Waals surface area contributed by atoms with E-state index in [1.807, 2.05) is 5.32 Å². The van der Waals surface area contributed by atoms with Gasteiger partial charge in [0.25, 0.3) is 0 Å². The van der Waals surface area contributed by atoms with E-state index in [4.69, 9.17) is 0 Å². The lowest BCUT2D eigenvalue weighted by molar-refractivity contribution is -0.143. The summed E-state index contributed by atoms with van der Waals surface area (Å²) in [7, 11) is 0. The summed E-state index contributed by atoms with van der Waals surface area (Å²) in [6.45, 7) is 0.166. The van der Waals surface area contributed by atoms with E-state index in [9.17, 15) is 31.1 Å². The van der Waals surface area contributed by atoms with Gasteiger partial charge in [-0.25, -0.2) is 9.48 Å². The Morgan fingerprint density at radius 2 is 1.62 bits per heavy atom. The van der Waals surface area contributed by atoms with Crippen molar-refractivity contribution in [2.24, 2.45) is 0 Å². The van der Waals surface area contributed by atoms with Crippen molar-refractivity contribution in [1.82, 2.24) is 25.3 Å². The SMILES string of the molecule is O=C(NCCNc1ccc(-n2cccn2)nn1)Nc1cc(C(F)(F)F)cc(C(F)(F)F)c1. The molecule has 0 aliphatic heterocycles. The molecule has 32 heavy (non-hydrogen) atoms. The van der Waals surface area contributed by atoms with Gasteiger partial charge in [0.2, 0.25) is 0 Å². The standard InChI is InChI=1S/C18H15F6N7O/c19-17(20,21)11-8-12(18(22,23)24)10-13(9-11)28-16(32)26-6-5-25-14-2-3-15(30-29-14)31-7-1-4-27-31/h1-4,7-10H,5-6H2,(H,25,29)(H2,26,28,32). The number of nitrogens with one attached hydrogen (secondary N) is 3. The van der Waals surface area contributed by atoms with Gasteiger partial charge in [0, 0.05) is 31.2 Å². The average Bonchev–Trinajstić information content (AvgIpc) is 3.25. The highest BCUT2D eigenvalue weighted by Gasteiger charge is 2.37. The number of benzene rings is 1. The molecule has 0 bridgehead atoms. The fraction of sp³-hybridized carbons (Fsp3) is 0.222. The fourth-order valence-electron chi connectivity index (χ4n) is 2.52. The summed E-state index contributed by atoms with van der Waals surface area (Å²) in [6, 6.07) is 4.83. The lowest BCUT2D eigenvalue weighted by Gasteiger charge is -2.15. The van der Waals surface area contributed by atoms with Crippen molar-refractivity contribution in [1.29, 1.82) is 0 Å². The van der Waals surface area contributed by atoms with E-state index >= 15 is 0 Å². The van der Waals surface area contributed by atoms with Crippen molar-refractivity contribution in [3.63, 3.8) is 0 Å². The van der Waals surface area contributed by atoms with E-state index in [2.05, 4.69) is 25.9 Å². The maximum Gasteiger partial charge on any atom is 0.416 e. The minimum Gasteiger partial charge on any atom is -0.367 e. The van der Waals surface area contributed by atoms with Crippen molar-refractivity contribution in [2.45, 2.75) is 12.4 Å². The molecule has 14 heteroatoms. The van der Waals surface area contributed by atoms with E-state index < -0.39 is 35.2 Å². The molecule has 1 aromatic carbocycles. The second-order valence-corrected chi connectivity index (χ2v) is 6.33. The molecule has 0 fully saturated rings. The van der Waals surface area contributed by atoms with Crippen LogP contribution in [-0.2, 0) is 12.4 Å². The molecule has 3 N–H and O–H groups in total. The Labute approximate surface area is 176 Å². The number of urea groups is 1. The predicted molar refractivity (Wildman–Crippen MR) is 101 cm³/mol. The third-order valence-corrected chi connectivity index (χ3v) is 3.95. The number of hydrogen-bond acceptors (Lipinski definition) is 5. The third kappa shape index (κ3) is 6.09. The Morgan fingerprint density at radius 3 is 2.16 bits per heavy atom. The summed E-state index contributed by atoms with van der Waals surface area (Å²) in [4.78, 5) is 11.9. The number of carbonyl (C=O) groups is 1. The van der Waals surface area contributed by atoms with E-state index in [1.165, 1.54) is 4.68 Å². The lowest BCUT2D eigenvalue weighted by Crippen LogP contribution is -2.33.